The van der Waals surface area contributed by atoms with Gasteiger partial charge in [-0.25, -0.2) is 0 Å². The van der Waals surface area contributed by atoms with Gasteiger partial charge in [-0.1, -0.05) is 31.7 Å². The first-order chi connectivity index (χ1) is 14.6. The van der Waals surface area contributed by atoms with Crippen molar-refractivity contribution in [3.8, 4) is 5.75 Å². The number of pyridine rings is 1. The average molecular weight is 409 g/mol. The third-order valence-corrected chi connectivity index (χ3v) is 7.53. The second-order valence-corrected chi connectivity index (χ2v) is 9.61. The second kappa shape index (κ2) is 8.54. The normalized spacial score (nSPS) is 26.0. The molecule has 0 atom stereocenters. The lowest BCUT2D eigenvalue weighted by atomic mass is 9.78. The number of hydrogen-bond donors (Lipinski definition) is 1. The van der Waals surface area contributed by atoms with Crippen LogP contribution in [-0.2, 0) is 11.3 Å². The Morgan fingerprint density at radius 1 is 1.00 bits per heavy atom. The van der Waals surface area contributed by atoms with Crippen molar-refractivity contribution in [1.29, 1.82) is 0 Å². The van der Waals surface area contributed by atoms with Gasteiger partial charge < -0.3 is 9.84 Å². The van der Waals surface area contributed by atoms with Crippen molar-refractivity contribution < 1.29 is 14.6 Å². The molecule has 1 N–H and O–H groups in total. The SMILES string of the molecule is O=C(O)C1CN(Cc2cc3ccc(OC4CCC(C5CCCC5)CC4)cc3cn2)C1. The summed E-state index contributed by atoms with van der Waals surface area (Å²) in [5.74, 6) is 1.95. The highest BCUT2D eigenvalue weighted by atomic mass is 16.5. The summed E-state index contributed by atoms with van der Waals surface area (Å²) in [6.07, 6.45) is 13.1. The molecule has 1 aromatic carbocycles. The van der Waals surface area contributed by atoms with Gasteiger partial charge in [0.05, 0.1) is 17.7 Å². The molecule has 1 aliphatic heterocycles. The maximum absolute atomic E-state index is 11.0. The molecule has 0 spiro atoms. The number of aliphatic carboxylic acids is 1. The molecule has 5 nitrogen and oxygen atoms in total. The summed E-state index contributed by atoms with van der Waals surface area (Å²) in [7, 11) is 0. The molecule has 2 aliphatic carbocycles. The van der Waals surface area contributed by atoms with E-state index in [0.717, 1.165) is 34.1 Å². The summed E-state index contributed by atoms with van der Waals surface area (Å²) in [4.78, 5) is 17.7. The molecule has 2 aromatic rings. The van der Waals surface area contributed by atoms with Crippen LogP contribution in [0, 0.1) is 17.8 Å². The zero-order chi connectivity index (χ0) is 20.5. The summed E-state index contributed by atoms with van der Waals surface area (Å²) >= 11 is 0. The average Bonchev–Trinajstić information content (AvgIpc) is 3.25. The van der Waals surface area contributed by atoms with Crippen molar-refractivity contribution >= 4 is 16.7 Å². The molecule has 30 heavy (non-hydrogen) atoms. The molecule has 5 rings (SSSR count). The van der Waals surface area contributed by atoms with Crippen LogP contribution < -0.4 is 4.74 Å². The number of aromatic nitrogens is 1. The molecule has 3 aliphatic rings. The maximum atomic E-state index is 11.0. The fraction of sp³-hybridized carbons (Fsp3) is 0.600. The Bertz CT molecular complexity index is 894. The third-order valence-electron chi connectivity index (χ3n) is 7.53. The number of likely N-dealkylation sites (tertiary alicyclic amines) is 1. The van der Waals surface area contributed by atoms with Gasteiger partial charge in [-0.05, 0) is 61.1 Å². The van der Waals surface area contributed by atoms with Gasteiger partial charge in [-0.3, -0.25) is 14.7 Å². The largest absolute Gasteiger partial charge is 0.490 e. The van der Waals surface area contributed by atoms with Crippen LogP contribution in [-0.4, -0.2) is 40.2 Å². The molecule has 0 radical (unpaired) electrons. The zero-order valence-electron chi connectivity index (χ0n) is 17.6. The monoisotopic (exact) mass is 408 g/mol. The quantitative estimate of drug-likeness (QED) is 0.738. The highest BCUT2D eigenvalue weighted by molar-refractivity contribution is 5.83. The molecule has 160 valence electrons. The summed E-state index contributed by atoms with van der Waals surface area (Å²) < 4.78 is 6.34. The van der Waals surface area contributed by atoms with Crippen molar-refractivity contribution in [2.45, 2.75) is 64.0 Å². The first-order valence-electron chi connectivity index (χ1n) is 11.6. The van der Waals surface area contributed by atoms with E-state index in [-0.39, 0.29) is 5.92 Å². The fourth-order valence-electron chi connectivity index (χ4n) is 5.71. The van der Waals surface area contributed by atoms with Gasteiger partial charge >= 0.3 is 5.97 Å². The first-order valence-corrected chi connectivity index (χ1v) is 11.6. The van der Waals surface area contributed by atoms with Crippen molar-refractivity contribution in [3.63, 3.8) is 0 Å². The number of carbonyl (C=O) groups is 1. The van der Waals surface area contributed by atoms with Gasteiger partial charge in [-0.15, -0.1) is 0 Å². The van der Waals surface area contributed by atoms with Crippen LogP contribution in [0.3, 0.4) is 0 Å². The molecule has 0 unspecified atom stereocenters. The molecular weight excluding hydrogens is 376 g/mol. The van der Waals surface area contributed by atoms with Gasteiger partial charge in [0.25, 0.3) is 0 Å². The minimum atomic E-state index is -0.697. The minimum absolute atomic E-state index is 0.224. The van der Waals surface area contributed by atoms with Gasteiger partial charge in [0, 0.05) is 31.2 Å². The molecule has 1 saturated heterocycles. The summed E-state index contributed by atoms with van der Waals surface area (Å²) in [6.45, 7) is 1.94. The zero-order valence-corrected chi connectivity index (χ0v) is 17.6. The van der Waals surface area contributed by atoms with Gasteiger partial charge in [0.2, 0.25) is 0 Å². The van der Waals surface area contributed by atoms with E-state index in [9.17, 15) is 4.79 Å². The van der Waals surface area contributed by atoms with E-state index in [0.29, 0.717) is 25.7 Å². The van der Waals surface area contributed by atoms with Crippen LogP contribution >= 0.6 is 0 Å². The van der Waals surface area contributed by atoms with E-state index in [4.69, 9.17) is 9.84 Å². The maximum Gasteiger partial charge on any atom is 0.309 e. The Kier molecular flexibility index (Phi) is 5.64. The van der Waals surface area contributed by atoms with Crippen LogP contribution in [0.25, 0.3) is 10.8 Å². The van der Waals surface area contributed by atoms with Crippen LogP contribution in [0.1, 0.15) is 57.1 Å². The number of hydrogen-bond acceptors (Lipinski definition) is 4. The summed E-state index contributed by atoms with van der Waals surface area (Å²) in [6, 6.07) is 8.43. The highest BCUT2D eigenvalue weighted by Gasteiger charge is 2.32. The molecule has 0 amide bonds. The van der Waals surface area contributed by atoms with E-state index >= 15 is 0 Å². The number of ether oxygens (including phenoxy) is 1. The Balaban J connectivity index is 1.16. The van der Waals surface area contributed by atoms with Crippen LogP contribution in [0.4, 0.5) is 0 Å². The lowest BCUT2D eigenvalue weighted by Gasteiger charge is -2.36. The van der Waals surface area contributed by atoms with E-state index in [1.807, 2.05) is 6.20 Å². The lowest BCUT2D eigenvalue weighted by molar-refractivity contribution is -0.147. The predicted molar refractivity (Wildman–Crippen MR) is 116 cm³/mol. The van der Waals surface area contributed by atoms with E-state index < -0.39 is 5.97 Å². The number of carboxylic acids is 1. The lowest BCUT2D eigenvalue weighted by Crippen LogP contribution is -2.49. The van der Waals surface area contributed by atoms with Gasteiger partial charge in [0.15, 0.2) is 0 Å². The first kappa shape index (κ1) is 19.8. The van der Waals surface area contributed by atoms with Crippen molar-refractivity contribution in [2.24, 2.45) is 17.8 Å². The predicted octanol–water partition coefficient (Wildman–Crippen LogP) is 4.88. The van der Waals surface area contributed by atoms with Crippen LogP contribution in [0.2, 0.25) is 0 Å². The minimum Gasteiger partial charge on any atom is -0.490 e. The smallest absolute Gasteiger partial charge is 0.309 e. The Labute approximate surface area is 178 Å². The Hall–Kier alpha value is -2.14. The topological polar surface area (TPSA) is 62.7 Å². The molecule has 0 bridgehead atoms. The third kappa shape index (κ3) is 4.31. The molecule has 5 heteroatoms. The summed E-state index contributed by atoms with van der Waals surface area (Å²) in [5, 5.41) is 11.3. The van der Waals surface area contributed by atoms with Gasteiger partial charge in [-0.2, -0.15) is 0 Å². The second-order valence-electron chi connectivity index (χ2n) is 9.61. The standard InChI is InChI=1S/C25H32N2O3/c28-25(29)21-14-27(15-21)16-22-11-19-7-10-24(12-20(19)13-26-22)30-23-8-5-18(6-9-23)17-3-1-2-4-17/h7,10-13,17-18,21,23H,1-6,8-9,14-16H2,(H,28,29). The van der Waals surface area contributed by atoms with Crippen LogP contribution in [0.15, 0.2) is 30.5 Å². The van der Waals surface area contributed by atoms with E-state index in [2.05, 4.69) is 34.1 Å². The number of benzene rings is 1. The fourth-order valence-corrected chi connectivity index (χ4v) is 5.71. The van der Waals surface area contributed by atoms with Crippen molar-refractivity contribution in [2.75, 3.05) is 13.1 Å². The molecular formula is C25H32N2O3. The molecule has 2 heterocycles. The summed E-state index contributed by atoms with van der Waals surface area (Å²) in [5.41, 5.74) is 0.991. The van der Waals surface area contributed by atoms with Crippen molar-refractivity contribution in [3.05, 3.63) is 36.2 Å². The number of rotatable bonds is 6. The highest BCUT2D eigenvalue weighted by Crippen LogP contribution is 2.40. The molecule has 2 saturated carbocycles. The molecule has 3 fully saturated rings. The van der Waals surface area contributed by atoms with Crippen molar-refractivity contribution in [1.82, 2.24) is 9.88 Å². The Morgan fingerprint density at radius 2 is 1.73 bits per heavy atom. The number of nitrogens with zero attached hydrogens (tertiary/aromatic N) is 2. The number of fused-ring (bicyclic) bond motifs is 1. The van der Waals surface area contributed by atoms with E-state index in [1.54, 1.807) is 0 Å². The van der Waals surface area contributed by atoms with Gasteiger partial charge in [0.1, 0.15) is 5.75 Å². The molecule has 1 aromatic heterocycles. The Morgan fingerprint density at radius 3 is 2.47 bits per heavy atom. The van der Waals surface area contributed by atoms with Crippen LogP contribution in [0.5, 0.6) is 5.75 Å². The van der Waals surface area contributed by atoms with E-state index in [1.165, 1.54) is 51.4 Å². The number of carboxylic acid groups (broad SMARTS) is 1.